The summed E-state index contributed by atoms with van der Waals surface area (Å²) in [6.45, 7) is 7.66. The van der Waals surface area contributed by atoms with Gasteiger partial charge in [-0.25, -0.2) is 0 Å². The van der Waals surface area contributed by atoms with E-state index in [1.807, 2.05) is 18.2 Å². The molecule has 0 bridgehead atoms. The predicted octanol–water partition coefficient (Wildman–Crippen LogP) is 2.53. The molecule has 0 spiro atoms. The molecule has 0 unspecified atom stereocenters. The van der Waals surface area contributed by atoms with Crippen LogP contribution < -0.4 is 5.73 Å². The van der Waals surface area contributed by atoms with E-state index in [1.165, 1.54) is 0 Å². The summed E-state index contributed by atoms with van der Waals surface area (Å²) < 4.78 is 5.51. The number of nitrogens with two attached hydrogens (primary N) is 1. The van der Waals surface area contributed by atoms with Crippen molar-refractivity contribution < 1.29 is 4.74 Å². The summed E-state index contributed by atoms with van der Waals surface area (Å²) in [7, 11) is 0. The van der Waals surface area contributed by atoms with Crippen LogP contribution in [0.5, 0.6) is 0 Å². The maximum atomic E-state index is 6.20. The number of ether oxygens (including phenoxy) is 1. The number of nitrogens with zero attached hydrogens (tertiary/aromatic N) is 1. The lowest BCUT2D eigenvalue weighted by Crippen LogP contribution is -2.52. The first-order valence-electron chi connectivity index (χ1n) is 5.86. The van der Waals surface area contributed by atoms with E-state index >= 15 is 0 Å². The molecule has 1 aromatic carbocycles. The van der Waals surface area contributed by atoms with Gasteiger partial charge in [-0.15, -0.1) is 0 Å². The van der Waals surface area contributed by atoms with Gasteiger partial charge in [0.1, 0.15) is 0 Å². The van der Waals surface area contributed by atoms with E-state index in [9.17, 15) is 0 Å². The normalized spacial score (nSPS) is 20.4. The van der Waals surface area contributed by atoms with Gasteiger partial charge in [0.2, 0.25) is 0 Å². The molecule has 1 aliphatic heterocycles. The summed E-state index contributed by atoms with van der Waals surface area (Å²) >= 11 is 6.20. The quantitative estimate of drug-likeness (QED) is 0.825. The average molecular weight is 255 g/mol. The Morgan fingerprint density at radius 2 is 2.24 bits per heavy atom. The summed E-state index contributed by atoms with van der Waals surface area (Å²) in [6.07, 6.45) is 0. The molecular weight excluding hydrogens is 236 g/mol. The lowest BCUT2D eigenvalue weighted by Gasteiger charge is -2.42. The van der Waals surface area contributed by atoms with Gasteiger partial charge in [-0.3, -0.25) is 4.90 Å². The molecule has 2 N–H and O–H groups in total. The maximum absolute atomic E-state index is 6.20. The Kier molecular flexibility index (Phi) is 3.61. The van der Waals surface area contributed by atoms with Crippen LogP contribution in [0.15, 0.2) is 18.2 Å². The summed E-state index contributed by atoms with van der Waals surface area (Å²) in [5.74, 6) is 0. The number of anilines is 1. The first-order valence-corrected chi connectivity index (χ1v) is 6.23. The van der Waals surface area contributed by atoms with Crippen LogP contribution in [-0.4, -0.2) is 30.2 Å². The number of halogens is 1. The molecule has 0 atom stereocenters. The molecule has 1 aliphatic rings. The Bertz CT molecular complexity index is 406. The van der Waals surface area contributed by atoms with Crippen LogP contribution in [0.25, 0.3) is 0 Å². The number of nitrogen functional groups attached to an aromatic ring is 1. The Morgan fingerprint density at radius 1 is 1.47 bits per heavy atom. The number of morpholine rings is 1. The molecule has 3 nitrogen and oxygen atoms in total. The van der Waals surface area contributed by atoms with Crippen molar-refractivity contribution >= 4 is 17.3 Å². The Labute approximate surface area is 107 Å². The van der Waals surface area contributed by atoms with E-state index in [0.29, 0.717) is 0 Å². The third kappa shape index (κ3) is 2.92. The van der Waals surface area contributed by atoms with Crippen LogP contribution in [0.1, 0.15) is 19.4 Å². The minimum atomic E-state index is 0.0478. The van der Waals surface area contributed by atoms with Gasteiger partial charge < -0.3 is 10.5 Å². The van der Waals surface area contributed by atoms with Crippen molar-refractivity contribution in [2.45, 2.75) is 25.9 Å². The fourth-order valence-electron chi connectivity index (χ4n) is 2.11. The average Bonchev–Trinajstić information content (AvgIpc) is 2.26. The van der Waals surface area contributed by atoms with E-state index in [4.69, 9.17) is 22.1 Å². The van der Waals surface area contributed by atoms with Gasteiger partial charge >= 0.3 is 0 Å². The fourth-order valence-corrected chi connectivity index (χ4v) is 2.28. The third-order valence-corrected chi connectivity index (χ3v) is 3.62. The van der Waals surface area contributed by atoms with Crippen LogP contribution in [0.2, 0.25) is 5.02 Å². The zero-order valence-electron chi connectivity index (χ0n) is 10.4. The van der Waals surface area contributed by atoms with E-state index < -0.39 is 0 Å². The lowest BCUT2D eigenvalue weighted by molar-refractivity contribution is -0.0552. The summed E-state index contributed by atoms with van der Waals surface area (Å²) in [5, 5.41) is 0.779. The van der Waals surface area contributed by atoms with Crippen molar-refractivity contribution in [3.8, 4) is 0 Å². The SMILES string of the molecule is CC1(C)COCCN1Cc1cc(N)ccc1Cl. The van der Waals surface area contributed by atoms with E-state index in [1.54, 1.807) is 0 Å². The van der Waals surface area contributed by atoms with Gasteiger partial charge in [-0.05, 0) is 37.6 Å². The van der Waals surface area contributed by atoms with Gasteiger partial charge in [-0.2, -0.15) is 0 Å². The lowest BCUT2D eigenvalue weighted by atomic mass is 10.0. The maximum Gasteiger partial charge on any atom is 0.0645 e. The second-order valence-corrected chi connectivity index (χ2v) is 5.54. The van der Waals surface area contributed by atoms with Gasteiger partial charge in [0.15, 0.2) is 0 Å². The van der Waals surface area contributed by atoms with Crippen LogP contribution in [0, 0.1) is 0 Å². The largest absolute Gasteiger partial charge is 0.399 e. The number of hydrogen-bond donors (Lipinski definition) is 1. The first kappa shape index (κ1) is 12.7. The molecule has 17 heavy (non-hydrogen) atoms. The van der Waals surface area contributed by atoms with E-state index in [0.717, 1.165) is 42.6 Å². The van der Waals surface area contributed by atoms with Crippen LogP contribution in [0.3, 0.4) is 0 Å². The molecule has 0 saturated carbocycles. The van der Waals surface area contributed by atoms with Crippen molar-refractivity contribution in [2.75, 3.05) is 25.5 Å². The van der Waals surface area contributed by atoms with Crippen LogP contribution >= 0.6 is 11.6 Å². The van der Waals surface area contributed by atoms with Gasteiger partial charge in [-0.1, -0.05) is 11.6 Å². The second-order valence-electron chi connectivity index (χ2n) is 5.14. The number of rotatable bonds is 2. The van der Waals surface area contributed by atoms with Crippen molar-refractivity contribution in [3.05, 3.63) is 28.8 Å². The minimum absolute atomic E-state index is 0.0478. The molecule has 2 rings (SSSR count). The summed E-state index contributed by atoms with van der Waals surface area (Å²) in [4.78, 5) is 2.39. The molecule has 0 aliphatic carbocycles. The van der Waals surface area contributed by atoms with Gasteiger partial charge in [0.05, 0.1) is 13.2 Å². The third-order valence-electron chi connectivity index (χ3n) is 3.25. The highest BCUT2D eigenvalue weighted by molar-refractivity contribution is 6.31. The van der Waals surface area contributed by atoms with E-state index in [2.05, 4.69) is 18.7 Å². The van der Waals surface area contributed by atoms with Crippen molar-refractivity contribution in [3.63, 3.8) is 0 Å². The molecule has 4 heteroatoms. The van der Waals surface area contributed by atoms with Crippen molar-refractivity contribution in [2.24, 2.45) is 0 Å². The summed E-state index contributed by atoms with van der Waals surface area (Å²) in [6, 6.07) is 5.64. The molecule has 1 fully saturated rings. The Hall–Kier alpha value is -0.770. The van der Waals surface area contributed by atoms with Crippen LogP contribution in [-0.2, 0) is 11.3 Å². The van der Waals surface area contributed by atoms with Crippen LogP contribution in [0.4, 0.5) is 5.69 Å². The minimum Gasteiger partial charge on any atom is -0.399 e. The number of benzene rings is 1. The highest BCUT2D eigenvalue weighted by Gasteiger charge is 2.30. The first-order chi connectivity index (χ1) is 7.99. The Morgan fingerprint density at radius 3 is 2.94 bits per heavy atom. The monoisotopic (exact) mass is 254 g/mol. The molecule has 0 aromatic heterocycles. The smallest absolute Gasteiger partial charge is 0.0645 e. The molecule has 0 radical (unpaired) electrons. The second kappa shape index (κ2) is 4.84. The molecule has 1 saturated heterocycles. The highest BCUT2D eigenvalue weighted by atomic mass is 35.5. The zero-order chi connectivity index (χ0) is 12.5. The fraction of sp³-hybridized carbons (Fsp3) is 0.538. The number of hydrogen-bond acceptors (Lipinski definition) is 3. The van der Waals surface area contributed by atoms with Gasteiger partial charge in [0.25, 0.3) is 0 Å². The van der Waals surface area contributed by atoms with Crippen molar-refractivity contribution in [1.29, 1.82) is 0 Å². The molecule has 94 valence electrons. The molecular formula is C13H19ClN2O. The topological polar surface area (TPSA) is 38.5 Å². The predicted molar refractivity (Wildman–Crippen MR) is 71.2 cm³/mol. The standard InChI is InChI=1S/C13H19ClN2O/c1-13(2)9-17-6-5-16(13)8-10-7-11(15)3-4-12(10)14/h3-4,7H,5-6,8-9,15H2,1-2H3. The van der Waals surface area contributed by atoms with Crippen molar-refractivity contribution in [1.82, 2.24) is 4.90 Å². The summed E-state index contributed by atoms with van der Waals surface area (Å²) in [5.41, 5.74) is 7.69. The zero-order valence-corrected chi connectivity index (χ0v) is 11.1. The molecule has 1 aromatic rings. The van der Waals surface area contributed by atoms with E-state index in [-0.39, 0.29) is 5.54 Å². The Balaban J connectivity index is 2.16. The van der Waals surface area contributed by atoms with Gasteiger partial charge in [0, 0.05) is 29.3 Å². The highest BCUT2D eigenvalue weighted by Crippen LogP contribution is 2.26. The molecule has 1 heterocycles. The molecule has 0 amide bonds.